The van der Waals surface area contributed by atoms with E-state index < -0.39 is 11.7 Å². The van der Waals surface area contributed by atoms with Crippen LogP contribution in [0.3, 0.4) is 0 Å². The van der Waals surface area contributed by atoms with Crippen LogP contribution >= 0.6 is 0 Å². The highest BCUT2D eigenvalue weighted by molar-refractivity contribution is 6.10. The Hall–Kier alpha value is -4.24. The molecule has 2 aliphatic heterocycles. The first-order valence-corrected chi connectivity index (χ1v) is 19.8. The van der Waals surface area contributed by atoms with Gasteiger partial charge in [-0.15, -0.1) is 0 Å². The molecule has 8 nitrogen and oxygen atoms in total. The van der Waals surface area contributed by atoms with Crippen molar-refractivity contribution in [1.82, 2.24) is 9.88 Å². The summed E-state index contributed by atoms with van der Waals surface area (Å²) in [5.74, 6) is 3.65. The van der Waals surface area contributed by atoms with Crippen LogP contribution < -0.4 is 19.5 Å². The number of hydrogen-bond donors (Lipinski definition) is 3. The number of benzene rings is 4. The van der Waals surface area contributed by atoms with Crippen LogP contribution in [0, 0.1) is 11.3 Å². The van der Waals surface area contributed by atoms with Crippen molar-refractivity contribution in [2.75, 3.05) is 45.8 Å². The largest absolute Gasteiger partial charge is 0.493 e. The zero-order valence-corrected chi connectivity index (χ0v) is 30.7. The van der Waals surface area contributed by atoms with Gasteiger partial charge in [-0.3, -0.25) is 4.90 Å². The first kappa shape index (κ1) is 32.2. The third kappa shape index (κ3) is 4.40. The Balaban J connectivity index is 0.882. The molecule has 274 valence electrons. The Morgan fingerprint density at radius 2 is 1.83 bits per heavy atom. The van der Waals surface area contributed by atoms with E-state index in [0.717, 1.165) is 89.3 Å². The molecule has 0 radical (unpaired) electrons. The number of nitrogens with zero attached hydrogens (tertiary/aromatic N) is 1. The van der Waals surface area contributed by atoms with Gasteiger partial charge in [-0.25, -0.2) is 0 Å². The maximum atomic E-state index is 11.1. The average Bonchev–Trinajstić information content (AvgIpc) is 3.82. The van der Waals surface area contributed by atoms with Crippen LogP contribution in [0.5, 0.6) is 17.2 Å². The summed E-state index contributed by atoms with van der Waals surface area (Å²) < 4.78 is 26.4. The SMILES string of the molecule is COc1ccc2c3c1O[C@H]1[C@@]4(OC)CC[C@@]5(C[C@@H]4c4cccc(NCC(O)COc6cccc7[nH]c8ccccc8c67)c4)[C@@H](C2)N(CC2CC2)CC[C@]315. The Kier molecular flexibility index (Phi) is 7.07. The van der Waals surface area contributed by atoms with Crippen LogP contribution in [0.2, 0.25) is 0 Å². The van der Waals surface area contributed by atoms with Crippen molar-refractivity contribution in [3.63, 3.8) is 0 Å². The molecule has 5 fully saturated rings. The number of aliphatic hydroxyl groups excluding tert-OH is 1. The third-order valence-electron chi connectivity index (χ3n) is 14.6. The smallest absolute Gasteiger partial charge is 0.165 e. The van der Waals surface area contributed by atoms with E-state index in [-0.39, 0.29) is 29.5 Å². The highest BCUT2D eigenvalue weighted by Gasteiger charge is 2.80. The van der Waals surface area contributed by atoms with E-state index in [4.69, 9.17) is 18.9 Å². The van der Waals surface area contributed by atoms with Crippen molar-refractivity contribution < 1.29 is 24.1 Å². The fourth-order valence-corrected chi connectivity index (χ4v) is 12.3. The second kappa shape index (κ2) is 11.6. The van der Waals surface area contributed by atoms with Crippen molar-refractivity contribution in [1.29, 1.82) is 0 Å². The number of rotatable bonds is 11. The highest BCUT2D eigenvalue weighted by Crippen LogP contribution is 2.78. The Bertz CT molecular complexity index is 2250. The van der Waals surface area contributed by atoms with Gasteiger partial charge in [0.1, 0.15) is 30.2 Å². The minimum absolute atomic E-state index is 0.0689. The summed E-state index contributed by atoms with van der Waals surface area (Å²) in [5.41, 5.74) is 6.86. The Morgan fingerprint density at radius 1 is 0.962 bits per heavy atom. The topological polar surface area (TPSA) is 88.2 Å². The number of aromatic nitrogens is 1. The molecule has 7 atom stereocenters. The summed E-state index contributed by atoms with van der Waals surface area (Å²) >= 11 is 0. The molecule has 4 aromatic carbocycles. The molecule has 3 N–H and O–H groups in total. The summed E-state index contributed by atoms with van der Waals surface area (Å²) in [6, 6.07) is 28.1. The molecule has 4 saturated carbocycles. The van der Waals surface area contributed by atoms with Crippen LogP contribution in [-0.2, 0) is 16.6 Å². The molecular weight excluding hydrogens is 663 g/mol. The number of piperidine rings is 1. The molecule has 3 heterocycles. The lowest BCUT2D eigenvalue weighted by Crippen LogP contribution is -2.80. The van der Waals surface area contributed by atoms with E-state index >= 15 is 0 Å². The number of aromatic amines is 1. The molecule has 1 unspecified atom stereocenters. The van der Waals surface area contributed by atoms with E-state index in [2.05, 4.69) is 69.8 Å². The quantitative estimate of drug-likeness (QED) is 0.130. The van der Waals surface area contributed by atoms with E-state index in [1.807, 2.05) is 31.4 Å². The van der Waals surface area contributed by atoms with Gasteiger partial charge in [-0.2, -0.15) is 0 Å². The molecule has 2 spiro atoms. The molecule has 12 rings (SSSR count). The highest BCUT2D eigenvalue weighted by atomic mass is 16.6. The minimum atomic E-state index is -0.692. The summed E-state index contributed by atoms with van der Waals surface area (Å²) in [4.78, 5) is 6.37. The van der Waals surface area contributed by atoms with Crippen molar-refractivity contribution in [3.8, 4) is 17.2 Å². The number of nitrogens with one attached hydrogen (secondary N) is 2. The van der Waals surface area contributed by atoms with Crippen LogP contribution in [-0.4, -0.2) is 79.3 Å². The van der Waals surface area contributed by atoms with Gasteiger partial charge in [0.05, 0.1) is 12.6 Å². The number of aliphatic hydroxyl groups is 1. The molecule has 0 amide bonds. The van der Waals surface area contributed by atoms with Crippen molar-refractivity contribution in [3.05, 3.63) is 95.6 Å². The van der Waals surface area contributed by atoms with Crippen molar-refractivity contribution >= 4 is 27.5 Å². The number of fused-ring (bicyclic) bond motifs is 5. The predicted octanol–water partition coefficient (Wildman–Crippen LogP) is 7.57. The van der Waals surface area contributed by atoms with Gasteiger partial charge in [0, 0.05) is 70.5 Å². The number of H-pyrrole nitrogens is 1. The number of hydrogen-bond acceptors (Lipinski definition) is 7. The lowest BCUT2D eigenvalue weighted by atomic mass is 9.34. The van der Waals surface area contributed by atoms with Gasteiger partial charge in [0.2, 0.25) is 0 Å². The standard InChI is InChI=1S/C45H49N3O5/c1-50-37-16-15-29-22-38-43-17-18-45(51-2,42-44(43,40(29)41(37)53-42)19-20-48(38)25-27-13-14-27)33(23-43)28-7-5-8-30(21-28)46-24-31(49)26-52-36-12-6-11-35-39(36)32-9-3-4-10-34(32)47-35/h3-12,15-16,21,27,31,33,38,42,46-47,49H,13-14,17-20,22-26H2,1-2H3/t31?,33-,38-,42-,43-,44+,45-/m1/s1. The molecule has 1 aromatic heterocycles. The molecule has 5 aromatic rings. The van der Waals surface area contributed by atoms with Gasteiger partial charge < -0.3 is 34.4 Å². The monoisotopic (exact) mass is 711 g/mol. The minimum Gasteiger partial charge on any atom is -0.493 e. The van der Waals surface area contributed by atoms with Crippen molar-refractivity contribution in [2.45, 2.75) is 80.1 Å². The first-order chi connectivity index (χ1) is 26.0. The van der Waals surface area contributed by atoms with Crippen LogP contribution in [0.25, 0.3) is 21.8 Å². The Labute approximate surface area is 310 Å². The van der Waals surface area contributed by atoms with E-state index in [1.165, 1.54) is 36.1 Å². The normalized spacial score (nSPS) is 31.3. The van der Waals surface area contributed by atoms with Gasteiger partial charge in [0.25, 0.3) is 0 Å². The molecule has 8 heteroatoms. The molecule has 4 bridgehead atoms. The first-order valence-electron chi connectivity index (χ1n) is 19.8. The zero-order chi connectivity index (χ0) is 35.5. The maximum Gasteiger partial charge on any atom is 0.165 e. The summed E-state index contributed by atoms with van der Waals surface area (Å²) in [6.45, 7) is 2.93. The van der Waals surface area contributed by atoms with Gasteiger partial charge in [0.15, 0.2) is 11.5 Å². The average molecular weight is 712 g/mol. The molecule has 53 heavy (non-hydrogen) atoms. The lowest BCUT2D eigenvalue weighted by Gasteiger charge is -2.74. The van der Waals surface area contributed by atoms with Crippen LogP contribution in [0.15, 0.2) is 78.9 Å². The molecule has 5 aliphatic carbocycles. The maximum absolute atomic E-state index is 11.1. The zero-order valence-electron chi connectivity index (χ0n) is 30.7. The second-order valence-corrected chi connectivity index (χ2v) is 16.9. The van der Waals surface area contributed by atoms with Gasteiger partial charge in [-0.1, -0.05) is 42.5 Å². The fraction of sp³-hybridized carbons (Fsp3) is 0.467. The lowest BCUT2D eigenvalue weighted by molar-refractivity contribution is -0.261. The number of anilines is 1. The number of ether oxygens (including phenoxy) is 4. The molecule has 1 saturated heterocycles. The van der Waals surface area contributed by atoms with Gasteiger partial charge in [-0.05, 0) is 105 Å². The van der Waals surface area contributed by atoms with E-state index in [1.54, 1.807) is 7.11 Å². The number of likely N-dealkylation sites (tertiary alicyclic amines) is 1. The van der Waals surface area contributed by atoms with Crippen LogP contribution in [0.4, 0.5) is 5.69 Å². The Morgan fingerprint density at radius 3 is 2.70 bits per heavy atom. The third-order valence-corrected chi connectivity index (χ3v) is 14.6. The summed E-state index contributed by atoms with van der Waals surface area (Å²) in [5, 5.41) is 16.8. The fourth-order valence-electron chi connectivity index (χ4n) is 12.3. The van der Waals surface area contributed by atoms with Gasteiger partial charge >= 0.3 is 0 Å². The summed E-state index contributed by atoms with van der Waals surface area (Å²) in [7, 11) is 3.69. The van der Waals surface area contributed by atoms with Crippen molar-refractivity contribution in [2.24, 2.45) is 11.3 Å². The second-order valence-electron chi connectivity index (χ2n) is 16.9. The van der Waals surface area contributed by atoms with E-state index in [9.17, 15) is 5.11 Å². The van der Waals surface area contributed by atoms with Crippen LogP contribution in [0.1, 0.15) is 61.1 Å². The molecule has 7 aliphatic rings. The molecular formula is C45H49N3O5. The number of methoxy groups -OCH3 is 2. The van der Waals surface area contributed by atoms with E-state index in [0.29, 0.717) is 12.6 Å². The number of para-hydroxylation sites is 1. The predicted molar refractivity (Wildman–Crippen MR) is 206 cm³/mol. The summed E-state index contributed by atoms with van der Waals surface area (Å²) in [6.07, 6.45) is 7.42.